The van der Waals surface area contributed by atoms with Crippen LogP contribution in [0, 0.1) is 5.82 Å². The Labute approximate surface area is 215 Å². The number of amides is 2. The van der Waals surface area contributed by atoms with E-state index < -0.39 is 35.8 Å². The Kier molecular flexibility index (Phi) is 7.87. The van der Waals surface area contributed by atoms with E-state index in [2.05, 4.69) is 26.0 Å². The molecule has 3 atom stereocenters. The van der Waals surface area contributed by atoms with Crippen molar-refractivity contribution < 1.29 is 23.5 Å². The number of hydrogen-bond donors (Lipinski definition) is 0. The van der Waals surface area contributed by atoms with Crippen LogP contribution in [-0.2, 0) is 16.1 Å². The Morgan fingerprint density at radius 2 is 1.89 bits per heavy atom. The first-order chi connectivity index (χ1) is 17.4. The van der Waals surface area contributed by atoms with Crippen molar-refractivity contribution in [2.24, 2.45) is 5.11 Å². The van der Waals surface area contributed by atoms with Gasteiger partial charge in [0.1, 0.15) is 36.9 Å². The average molecular weight is 553 g/mol. The van der Waals surface area contributed by atoms with Crippen LogP contribution in [0.5, 0.6) is 5.75 Å². The molecule has 1 heterocycles. The maximum atomic E-state index is 15.2. The predicted octanol–water partition coefficient (Wildman–Crippen LogP) is 6.67. The van der Waals surface area contributed by atoms with Crippen LogP contribution in [0.25, 0.3) is 10.4 Å². The lowest BCUT2D eigenvalue weighted by molar-refractivity contribution is -0.131. The molecule has 1 saturated heterocycles. The van der Waals surface area contributed by atoms with E-state index in [1.807, 2.05) is 36.4 Å². The van der Waals surface area contributed by atoms with Gasteiger partial charge in [0.25, 0.3) is 0 Å². The second-order valence-corrected chi connectivity index (χ2v) is 9.08. The fourth-order valence-electron chi connectivity index (χ4n) is 4.06. The van der Waals surface area contributed by atoms with E-state index in [0.29, 0.717) is 10.0 Å². The molecule has 1 fully saturated rings. The molecule has 1 aliphatic heterocycles. The van der Waals surface area contributed by atoms with Crippen molar-refractivity contribution in [2.45, 2.75) is 31.5 Å². The van der Waals surface area contributed by atoms with Crippen LogP contribution in [0.2, 0.25) is 0 Å². The van der Waals surface area contributed by atoms with Crippen LogP contribution in [-0.4, -0.2) is 29.5 Å². The van der Waals surface area contributed by atoms with Gasteiger partial charge in [-0.1, -0.05) is 72.7 Å². The summed E-state index contributed by atoms with van der Waals surface area (Å²) in [5.41, 5.74) is 10.9. The molecule has 0 N–H and O–H groups in total. The fraction of sp³-hybridized carbons (Fsp3) is 0.231. The van der Waals surface area contributed by atoms with Crippen molar-refractivity contribution in [2.75, 3.05) is 6.61 Å². The van der Waals surface area contributed by atoms with Gasteiger partial charge in [-0.25, -0.2) is 14.1 Å². The van der Waals surface area contributed by atoms with Crippen LogP contribution in [0.4, 0.5) is 9.18 Å². The van der Waals surface area contributed by atoms with Gasteiger partial charge in [0, 0.05) is 16.9 Å². The highest BCUT2D eigenvalue weighted by molar-refractivity contribution is 9.10. The number of rotatable bonds is 8. The summed E-state index contributed by atoms with van der Waals surface area (Å²) in [6, 6.07) is 19.0. The lowest BCUT2D eigenvalue weighted by Gasteiger charge is -2.26. The quantitative estimate of drug-likeness (QED) is 0.177. The zero-order valence-electron chi connectivity index (χ0n) is 19.3. The van der Waals surface area contributed by atoms with Crippen LogP contribution in [0.3, 0.4) is 0 Å². The molecule has 2 amide bonds. The van der Waals surface area contributed by atoms with Gasteiger partial charge < -0.3 is 9.47 Å². The number of imide groups is 1. The Hall–Kier alpha value is -3.88. The van der Waals surface area contributed by atoms with E-state index in [1.165, 1.54) is 12.1 Å². The molecule has 0 aromatic heterocycles. The second-order valence-electron chi connectivity index (χ2n) is 8.23. The minimum absolute atomic E-state index is 0.0285. The Morgan fingerprint density at radius 1 is 1.22 bits per heavy atom. The van der Waals surface area contributed by atoms with Gasteiger partial charge in [0.05, 0.1) is 4.47 Å². The third-order valence-corrected chi connectivity index (χ3v) is 6.60. The van der Waals surface area contributed by atoms with Crippen molar-refractivity contribution in [3.05, 3.63) is 110 Å². The highest BCUT2D eigenvalue weighted by Crippen LogP contribution is 2.36. The average Bonchev–Trinajstić information content (AvgIpc) is 3.29. The number of hydrogen-bond acceptors (Lipinski definition) is 5. The Morgan fingerprint density at radius 3 is 2.56 bits per heavy atom. The monoisotopic (exact) mass is 552 g/mol. The number of azide groups is 1. The van der Waals surface area contributed by atoms with Crippen molar-refractivity contribution in [3.63, 3.8) is 0 Å². The molecule has 0 radical (unpaired) electrons. The van der Waals surface area contributed by atoms with Crippen molar-refractivity contribution >= 4 is 27.9 Å². The summed E-state index contributed by atoms with van der Waals surface area (Å²) in [6.45, 7) is 1.77. The summed E-state index contributed by atoms with van der Waals surface area (Å²) < 4.78 is 26.6. The van der Waals surface area contributed by atoms with E-state index in [4.69, 9.17) is 15.0 Å². The lowest BCUT2D eigenvalue weighted by Crippen LogP contribution is -2.42. The largest absolute Gasteiger partial charge is 0.488 e. The van der Waals surface area contributed by atoms with Gasteiger partial charge in [0.2, 0.25) is 5.91 Å². The van der Waals surface area contributed by atoms with Crippen molar-refractivity contribution in [1.29, 1.82) is 0 Å². The number of carbonyl (C=O) groups excluding carboxylic acids is 2. The molecule has 1 aliphatic rings. The fourth-order valence-corrected chi connectivity index (χ4v) is 4.53. The Bertz CT molecular complexity index is 1300. The van der Waals surface area contributed by atoms with Crippen molar-refractivity contribution in [1.82, 2.24) is 4.90 Å². The predicted molar refractivity (Wildman–Crippen MR) is 134 cm³/mol. The third kappa shape index (κ3) is 5.35. The Balaban J connectivity index is 1.59. The smallest absolute Gasteiger partial charge is 0.417 e. The second kappa shape index (κ2) is 11.2. The minimum Gasteiger partial charge on any atom is -0.488 e. The zero-order valence-corrected chi connectivity index (χ0v) is 20.8. The summed E-state index contributed by atoms with van der Waals surface area (Å²) in [4.78, 5) is 29.7. The molecule has 8 nitrogen and oxygen atoms in total. The first-order valence-corrected chi connectivity index (χ1v) is 11.9. The van der Waals surface area contributed by atoms with E-state index >= 15 is 4.39 Å². The molecule has 3 aromatic carbocycles. The number of ether oxygens (including phenoxy) is 2. The molecule has 36 heavy (non-hydrogen) atoms. The SMILES string of the molecule is C[C@@H](c1cc(Br)c(OCc2ccccc2)cc1F)[C@H](N=[N+]=[N-])C(=O)N1C(=O)OC[C@H]1c1ccccc1. The number of cyclic esters (lactones) is 1. The van der Waals surface area contributed by atoms with E-state index in [-0.39, 0.29) is 24.5 Å². The van der Waals surface area contributed by atoms with Crippen molar-refractivity contribution in [3.8, 4) is 5.75 Å². The number of benzene rings is 3. The summed E-state index contributed by atoms with van der Waals surface area (Å²) in [5, 5.41) is 3.65. The van der Waals surface area contributed by atoms with Gasteiger partial charge in [-0.15, -0.1) is 0 Å². The highest BCUT2D eigenvalue weighted by atomic mass is 79.9. The van der Waals surface area contributed by atoms with Crippen LogP contribution < -0.4 is 4.74 Å². The molecule has 0 unspecified atom stereocenters. The van der Waals surface area contributed by atoms with E-state index in [0.717, 1.165) is 10.5 Å². The summed E-state index contributed by atoms with van der Waals surface area (Å²) in [5.74, 6) is -2.01. The van der Waals surface area contributed by atoms with E-state index in [1.54, 1.807) is 31.2 Å². The molecule has 0 saturated carbocycles. The molecular weight excluding hydrogens is 531 g/mol. The molecule has 3 aromatic rings. The summed E-state index contributed by atoms with van der Waals surface area (Å²) >= 11 is 3.40. The maximum absolute atomic E-state index is 15.2. The molecule has 0 aliphatic carbocycles. The minimum atomic E-state index is -1.38. The summed E-state index contributed by atoms with van der Waals surface area (Å²) in [7, 11) is 0. The van der Waals surface area contributed by atoms with Gasteiger partial charge >= 0.3 is 6.09 Å². The van der Waals surface area contributed by atoms with Crippen LogP contribution >= 0.6 is 15.9 Å². The molecule has 10 heteroatoms. The standard InChI is InChI=1S/C26H22BrFN4O4/c1-16(19-12-20(27)23(13-21(19)28)35-14-17-8-4-2-5-9-17)24(30-31-29)25(33)32-22(15-36-26(32)34)18-10-6-3-7-11-18/h2-13,16,22,24H,14-15H2,1H3/t16-,22-,24-/m0/s1. The molecule has 184 valence electrons. The topological polar surface area (TPSA) is 105 Å². The van der Waals surface area contributed by atoms with Crippen LogP contribution in [0.1, 0.15) is 35.6 Å². The van der Waals surface area contributed by atoms with Gasteiger partial charge in [-0.05, 0) is 44.2 Å². The van der Waals surface area contributed by atoms with Gasteiger partial charge in [-0.3, -0.25) is 4.79 Å². The van der Waals surface area contributed by atoms with Gasteiger partial charge in [-0.2, -0.15) is 0 Å². The van der Waals surface area contributed by atoms with Gasteiger partial charge in [0.15, 0.2) is 0 Å². The lowest BCUT2D eigenvalue weighted by atomic mass is 9.91. The molecule has 0 spiro atoms. The molecular formula is C26H22BrFN4O4. The third-order valence-electron chi connectivity index (χ3n) is 5.98. The zero-order chi connectivity index (χ0) is 25.7. The maximum Gasteiger partial charge on any atom is 0.417 e. The van der Waals surface area contributed by atoms with Crippen LogP contribution in [0.15, 0.2) is 82.4 Å². The number of halogens is 2. The first kappa shape index (κ1) is 25.2. The first-order valence-electron chi connectivity index (χ1n) is 11.2. The number of nitrogens with zero attached hydrogens (tertiary/aromatic N) is 4. The van der Waals surface area contributed by atoms with E-state index in [9.17, 15) is 9.59 Å². The normalized spacial score (nSPS) is 16.6. The summed E-state index contributed by atoms with van der Waals surface area (Å²) in [6.07, 6.45) is -0.842. The highest BCUT2D eigenvalue weighted by Gasteiger charge is 2.43. The molecule has 0 bridgehead atoms. The number of carbonyl (C=O) groups is 2. The molecule has 4 rings (SSSR count).